The van der Waals surface area contributed by atoms with E-state index >= 15 is 0 Å². The zero-order valence-corrected chi connectivity index (χ0v) is 17.0. The molecule has 0 spiro atoms. The number of nitrogens with one attached hydrogen (secondary N) is 1. The Balaban J connectivity index is 2.14. The lowest BCUT2D eigenvalue weighted by atomic mass is 10.0. The van der Waals surface area contributed by atoms with E-state index in [1.54, 1.807) is 31.2 Å². The van der Waals surface area contributed by atoms with Gasteiger partial charge < -0.3 is 14.8 Å². The molecule has 27 heavy (non-hydrogen) atoms. The van der Waals surface area contributed by atoms with Crippen LogP contribution in [0.25, 0.3) is 0 Å². The molecule has 2 rings (SSSR count). The molecular formula is C19H18BrClFNO4. The molecule has 1 amide bonds. The fourth-order valence-corrected chi connectivity index (χ4v) is 3.06. The van der Waals surface area contributed by atoms with Gasteiger partial charge in [0.1, 0.15) is 11.6 Å². The van der Waals surface area contributed by atoms with Gasteiger partial charge >= 0.3 is 5.97 Å². The first-order valence-electron chi connectivity index (χ1n) is 8.05. The van der Waals surface area contributed by atoms with Crippen LogP contribution in [0.5, 0.6) is 5.75 Å². The average Bonchev–Trinajstić information content (AvgIpc) is 2.63. The van der Waals surface area contributed by atoms with Crippen LogP contribution in [0, 0.1) is 5.82 Å². The minimum Gasteiger partial charge on any atom is -0.480 e. The van der Waals surface area contributed by atoms with E-state index in [2.05, 4.69) is 21.2 Å². The number of hydrogen-bond acceptors (Lipinski definition) is 4. The van der Waals surface area contributed by atoms with Crippen LogP contribution >= 0.6 is 27.5 Å². The van der Waals surface area contributed by atoms with Crippen molar-refractivity contribution < 1.29 is 23.5 Å². The van der Waals surface area contributed by atoms with E-state index in [-0.39, 0.29) is 6.42 Å². The summed E-state index contributed by atoms with van der Waals surface area (Å²) in [7, 11) is 1.27. The summed E-state index contributed by atoms with van der Waals surface area (Å²) in [5, 5.41) is 3.17. The molecular weight excluding hydrogens is 441 g/mol. The highest BCUT2D eigenvalue weighted by Gasteiger charge is 2.24. The molecule has 0 aliphatic rings. The highest BCUT2D eigenvalue weighted by molar-refractivity contribution is 9.10. The smallest absolute Gasteiger partial charge is 0.307 e. The van der Waals surface area contributed by atoms with E-state index < -0.39 is 29.8 Å². The standard InChI is InChI=1S/C19H18BrClFNO4/c1-11(27-17-8-7-12(22)9-14(17)20)19(25)23-16(10-18(24)26-2)13-5-3-4-6-15(13)21/h3-9,11,16H,10H2,1-2H3,(H,23,25). The Morgan fingerprint density at radius 2 is 1.96 bits per heavy atom. The molecule has 0 saturated carbocycles. The second-order valence-electron chi connectivity index (χ2n) is 5.70. The minimum atomic E-state index is -0.894. The summed E-state index contributed by atoms with van der Waals surface area (Å²) in [6.45, 7) is 1.55. The van der Waals surface area contributed by atoms with Crippen molar-refractivity contribution >= 4 is 39.4 Å². The average molecular weight is 459 g/mol. The van der Waals surface area contributed by atoms with Gasteiger partial charge in [-0.1, -0.05) is 29.8 Å². The predicted octanol–water partition coefficient (Wildman–Crippen LogP) is 4.43. The number of ether oxygens (including phenoxy) is 2. The Kier molecular flexibility index (Phi) is 7.62. The number of hydrogen-bond donors (Lipinski definition) is 1. The van der Waals surface area contributed by atoms with Crippen molar-refractivity contribution in [2.24, 2.45) is 0 Å². The number of rotatable bonds is 7. The highest BCUT2D eigenvalue weighted by Crippen LogP contribution is 2.28. The highest BCUT2D eigenvalue weighted by atomic mass is 79.9. The lowest BCUT2D eigenvalue weighted by Gasteiger charge is -2.22. The summed E-state index contributed by atoms with van der Waals surface area (Å²) in [5.41, 5.74) is 0.591. The van der Waals surface area contributed by atoms with E-state index in [0.717, 1.165) is 0 Å². The molecule has 8 heteroatoms. The number of halogens is 3. The first-order valence-corrected chi connectivity index (χ1v) is 9.22. The molecule has 0 aliphatic carbocycles. The Morgan fingerprint density at radius 1 is 1.26 bits per heavy atom. The van der Waals surface area contributed by atoms with Gasteiger partial charge in [-0.15, -0.1) is 0 Å². The SMILES string of the molecule is COC(=O)CC(NC(=O)C(C)Oc1ccc(F)cc1Br)c1ccccc1Cl. The van der Waals surface area contributed by atoms with Crippen LogP contribution in [0.15, 0.2) is 46.9 Å². The van der Waals surface area contributed by atoms with E-state index in [9.17, 15) is 14.0 Å². The fraction of sp³-hybridized carbons (Fsp3) is 0.263. The molecule has 2 unspecified atom stereocenters. The lowest BCUT2D eigenvalue weighted by Crippen LogP contribution is -2.39. The molecule has 0 radical (unpaired) electrons. The number of carbonyl (C=O) groups is 2. The van der Waals surface area contributed by atoms with Gasteiger partial charge in [-0.05, 0) is 52.7 Å². The first kappa shape index (κ1) is 21.2. The molecule has 144 valence electrons. The zero-order chi connectivity index (χ0) is 20.0. The van der Waals surface area contributed by atoms with Gasteiger partial charge in [-0.3, -0.25) is 9.59 Å². The minimum absolute atomic E-state index is 0.0844. The summed E-state index contributed by atoms with van der Waals surface area (Å²) in [5.74, 6) is -1.06. The van der Waals surface area contributed by atoms with E-state index in [1.807, 2.05) is 0 Å². The summed E-state index contributed by atoms with van der Waals surface area (Å²) in [6.07, 6.45) is -0.978. The summed E-state index contributed by atoms with van der Waals surface area (Å²) in [6, 6.07) is 10.1. The monoisotopic (exact) mass is 457 g/mol. The topological polar surface area (TPSA) is 64.6 Å². The molecule has 1 N–H and O–H groups in total. The van der Waals surface area contributed by atoms with Crippen LogP contribution in [-0.2, 0) is 14.3 Å². The van der Waals surface area contributed by atoms with Gasteiger partial charge in [0.25, 0.3) is 5.91 Å². The third kappa shape index (κ3) is 5.94. The molecule has 0 aromatic heterocycles. The zero-order valence-electron chi connectivity index (χ0n) is 14.7. The summed E-state index contributed by atoms with van der Waals surface area (Å²) in [4.78, 5) is 24.3. The largest absolute Gasteiger partial charge is 0.480 e. The van der Waals surface area contributed by atoms with Crippen LogP contribution in [-0.4, -0.2) is 25.1 Å². The molecule has 0 aliphatic heterocycles. The lowest BCUT2D eigenvalue weighted by molar-refractivity contribution is -0.141. The third-order valence-electron chi connectivity index (χ3n) is 3.76. The molecule has 2 atom stereocenters. The number of carbonyl (C=O) groups excluding carboxylic acids is 2. The number of benzene rings is 2. The number of methoxy groups -OCH3 is 1. The molecule has 0 bridgehead atoms. The van der Waals surface area contributed by atoms with Gasteiger partial charge in [0.2, 0.25) is 0 Å². The van der Waals surface area contributed by atoms with Crippen molar-refractivity contribution in [3.63, 3.8) is 0 Å². The van der Waals surface area contributed by atoms with Crippen molar-refractivity contribution in [3.05, 3.63) is 63.3 Å². The fourth-order valence-electron chi connectivity index (χ4n) is 2.35. The normalized spacial score (nSPS) is 12.8. The van der Waals surface area contributed by atoms with Crippen molar-refractivity contribution in [1.29, 1.82) is 0 Å². The maximum Gasteiger partial charge on any atom is 0.307 e. The van der Waals surface area contributed by atoms with E-state index in [0.29, 0.717) is 20.8 Å². The Labute approximate surface area is 169 Å². The molecule has 2 aromatic carbocycles. The molecule has 0 fully saturated rings. The van der Waals surface area contributed by atoms with Crippen LogP contribution in [0.2, 0.25) is 5.02 Å². The van der Waals surface area contributed by atoms with Crippen LogP contribution in [0.4, 0.5) is 4.39 Å². The predicted molar refractivity (Wildman–Crippen MR) is 103 cm³/mol. The number of esters is 1. The maximum atomic E-state index is 13.2. The van der Waals surface area contributed by atoms with Crippen LogP contribution in [0.1, 0.15) is 24.9 Å². The molecule has 5 nitrogen and oxygen atoms in total. The van der Waals surface area contributed by atoms with Crippen LogP contribution < -0.4 is 10.1 Å². The Bertz CT molecular complexity index is 833. The van der Waals surface area contributed by atoms with Gasteiger partial charge in [0.15, 0.2) is 6.10 Å². The quantitative estimate of drug-likeness (QED) is 0.624. The van der Waals surface area contributed by atoms with Gasteiger partial charge in [-0.25, -0.2) is 4.39 Å². The van der Waals surface area contributed by atoms with Gasteiger partial charge in [0.05, 0.1) is 24.0 Å². The second-order valence-corrected chi connectivity index (χ2v) is 6.96. The second kappa shape index (κ2) is 9.71. The van der Waals surface area contributed by atoms with Crippen LogP contribution in [0.3, 0.4) is 0 Å². The van der Waals surface area contributed by atoms with Crippen molar-refractivity contribution in [2.75, 3.05) is 7.11 Å². The van der Waals surface area contributed by atoms with E-state index in [4.69, 9.17) is 21.1 Å². The van der Waals surface area contributed by atoms with Gasteiger partial charge in [0, 0.05) is 5.02 Å². The third-order valence-corrected chi connectivity index (χ3v) is 4.73. The molecule has 2 aromatic rings. The maximum absolute atomic E-state index is 13.2. The van der Waals surface area contributed by atoms with Gasteiger partial charge in [-0.2, -0.15) is 0 Å². The first-order chi connectivity index (χ1) is 12.8. The van der Waals surface area contributed by atoms with Crippen molar-refractivity contribution in [2.45, 2.75) is 25.5 Å². The summed E-state index contributed by atoms with van der Waals surface area (Å²) >= 11 is 9.39. The Morgan fingerprint density at radius 3 is 2.59 bits per heavy atom. The van der Waals surface area contributed by atoms with E-state index in [1.165, 1.54) is 25.3 Å². The van der Waals surface area contributed by atoms with Crippen molar-refractivity contribution in [1.82, 2.24) is 5.32 Å². The summed E-state index contributed by atoms with van der Waals surface area (Å²) < 4.78 is 23.8. The molecule has 0 saturated heterocycles. The van der Waals surface area contributed by atoms with Crippen molar-refractivity contribution in [3.8, 4) is 5.75 Å². The Hall–Kier alpha value is -2.12. The number of amides is 1. The molecule has 0 heterocycles.